The third-order valence-corrected chi connectivity index (χ3v) is 3.54. The van der Waals surface area contributed by atoms with Gasteiger partial charge in [0.1, 0.15) is 0 Å². The standard InChI is InChI=1S/C8H16N2.C3H7N.CH4N.ClH.W/c1-7(2)9-5-6-10-8(3)4;1-3(2)4;1-2;;/h5-8H,1-4H3;3H,1-2H3;2H,1H3;1H;/q-2;;-1;;+1/p-1/b6-5-;;;;. The Morgan fingerprint density at radius 3 is 1.39 bits per heavy atom. The van der Waals surface area contributed by atoms with Crippen molar-refractivity contribution in [3.05, 3.63) is 28.8 Å². The summed E-state index contributed by atoms with van der Waals surface area (Å²) in [4.78, 5) is 0. The molecule has 1 N–H and O–H groups in total. The summed E-state index contributed by atoms with van der Waals surface area (Å²) < 4.78 is 4.06. The molecule has 0 fully saturated rings. The monoisotopic (exact) mass is 446 g/mol. The molecule has 0 heterocycles. The van der Waals surface area contributed by atoms with Crippen molar-refractivity contribution in [1.29, 1.82) is 0 Å². The summed E-state index contributed by atoms with van der Waals surface area (Å²) in [6, 6.07) is 1.21. The second kappa shape index (κ2) is 19.4. The van der Waals surface area contributed by atoms with Gasteiger partial charge in [-0.05, 0) is 0 Å². The summed E-state index contributed by atoms with van der Waals surface area (Å²) in [7, 11) is 6.65. The summed E-state index contributed by atoms with van der Waals surface area (Å²) in [5.74, 6) is 0. The van der Waals surface area contributed by atoms with E-state index in [1.165, 1.54) is 7.05 Å². The molecule has 6 heteroatoms. The van der Waals surface area contributed by atoms with Crippen molar-refractivity contribution in [2.45, 2.75) is 59.7 Å². The smallest absolute Gasteiger partial charge is 0.164 e. The van der Waals surface area contributed by atoms with Gasteiger partial charge in [-0.2, -0.15) is 7.05 Å². The van der Waals surface area contributed by atoms with E-state index in [-0.39, 0.29) is 0 Å². The molecule has 0 atom stereocenters. The molecule has 0 saturated heterocycles. The molecule has 111 valence electrons. The van der Waals surface area contributed by atoms with Gasteiger partial charge in [-0.15, -0.1) is 12.1 Å². The van der Waals surface area contributed by atoms with Gasteiger partial charge in [0.2, 0.25) is 0 Å². The Balaban J connectivity index is -0.000000241. The van der Waals surface area contributed by atoms with Gasteiger partial charge in [-0.1, -0.05) is 27.7 Å². The summed E-state index contributed by atoms with van der Waals surface area (Å²) in [5.41, 5.74) is 5.75. The first-order valence-corrected chi connectivity index (χ1v) is 10.9. The molecule has 0 aromatic carbocycles. The first-order valence-electron chi connectivity index (χ1n) is 5.93. The normalized spacial score (nSPS) is 10.4. The van der Waals surface area contributed by atoms with Crippen LogP contribution < -0.4 is 0 Å². The third kappa shape index (κ3) is 36.0. The van der Waals surface area contributed by atoms with Crippen LogP contribution in [0.4, 0.5) is 0 Å². The van der Waals surface area contributed by atoms with Crippen LogP contribution in [0.15, 0.2) is 15.9 Å². The van der Waals surface area contributed by atoms with Crippen molar-refractivity contribution >= 4 is 9.42 Å². The molecule has 0 aromatic rings. The van der Waals surface area contributed by atoms with Crippen LogP contribution in [0.1, 0.15) is 41.5 Å². The van der Waals surface area contributed by atoms with E-state index in [2.05, 4.69) is 14.1 Å². The predicted octanol–water partition coefficient (Wildman–Crippen LogP) is 5.50. The van der Waals surface area contributed by atoms with Crippen molar-refractivity contribution in [1.82, 2.24) is 0 Å². The molecule has 0 aromatic heterocycles. The topological polar surface area (TPSA) is 64.4 Å². The molecular formula is C12H27ClN4W-3. The number of nitrogens with zero attached hydrogens (tertiary/aromatic N) is 3. The minimum Gasteiger partial charge on any atom is -0.680 e. The minimum absolute atomic E-state index is 0.374. The van der Waals surface area contributed by atoms with Crippen LogP contribution in [0.25, 0.3) is 16.4 Å². The van der Waals surface area contributed by atoms with Crippen molar-refractivity contribution in [2.24, 2.45) is 3.50 Å². The molecule has 0 saturated carbocycles. The Morgan fingerprint density at radius 1 is 0.944 bits per heavy atom. The van der Waals surface area contributed by atoms with Gasteiger partial charge >= 0.3 is 50.1 Å². The van der Waals surface area contributed by atoms with Gasteiger partial charge in [0.05, 0.1) is 0 Å². The first-order chi connectivity index (χ1) is 8.40. The molecule has 0 amide bonds. The van der Waals surface area contributed by atoms with E-state index in [0.717, 1.165) is 0 Å². The van der Waals surface area contributed by atoms with Gasteiger partial charge in [-0.3, -0.25) is 0 Å². The second-order valence-corrected chi connectivity index (χ2v) is 6.43. The fraction of sp³-hybridized carbons (Fsp3) is 0.833. The fourth-order valence-electron chi connectivity index (χ4n) is 0.501. The van der Waals surface area contributed by atoms with Gasteiger partial charge in [0, 0.05) is 0 Å². The summed E-state index contributed by atoms with van der Waals surface area (Å²) in [5, 5.41) is 8.24. The Hall–Kier alpha value is 0.0783. The summed E-state index contributed by atoms with van der Waals surface area (Å²) in [6.07, 6.45) is 3.51. The summed E-state index contributed by atoms with van der Waals surface area (Å²) in [6.45, 7) is 12.3. The van der Waals surface area contributed by atoms with E-state index < -0.39 is 17.3 Å². The van der Waals surface area contributed by atoms with E-state index in [4.69, 9.17) is 15.2 Å². The van der Waals surface area contributed by atoms with Crippen LogP contribution in [-0.4, -0.2) is 25.2 Å². The third-order valence-electron chi connectivity index (χ3n) is 1.09. The molecule has 0 unspecified atom stereocenters. The van der Waals surface area contributed by atoms with E-state index in [9.17, 15) is 0 Å². The molecule has 0 bridgehead atoms. The van der Waals surface area contributed by atoms with E-state index in [0.29, 0.717) is 18.1 Å². The Labute approximate surface area is 125 Å². The van der Waals surface area contributed by atoms with Gasteiger partial charge < -0.3 is 16.4 Å². The Morgan fingerprint density at radius 2 is 1.28 bits per heavy atom. The number of halogens is 1. The zero-order valence-corrected chi connectivity index (χ0v) is 16.2. The number of hydrogen-bond donors (Lipinski definition) is 0. The van der Waals surface area contributed by atoms with E-state index in [1.807, 2.05) is 41.5 Å². The van der Waals surface area contributed by atoms with Crippen LogP contribution in [0.2, 0.25) is 0 Å². The predicted molar refractivity (Wildman–Crippen MR) is 79.8 cm³/mol. The zero-order valence-electron chi connectivity index (χ0n) is 12.5. The van der Waals surface area contributed by atoms with Crippen LogP contribution in [-0.2, 0) is 17.3 Å². The average molecular weight is 447 g/mol. The average Bonchev–Trinajstić information content (AvgIpc) is 2.27. The molecule has 0 rings (SSSR count). The number of hydrogen-bond acceptors (Lipinski definition) is 1. The van der Waals surface area contributed by atoms with Crippen LogP contribution in [0.5, 0.6) is 0 Å². The van der Waals surface area contributed by atoms with E-state index >= 15 is 0 Å². The largest absolute Gasteiger partial charge is 0.680 e. The molecule has 0 aliphatic rings. The minimum atomic E-state index is -0.729. The SMILES string of the molecule is CC(C)[N-]/C=C\[N-]C(C)C.CC(C)[N]=[W][Cl].C[NH-]. The molecule has 4 nitrogen and oxygen atoms in total. The molecule has 0 aliphatic carbocycles. The van der Waals surface area contributed by atoms with E-state index in [1.54, 1.807) is 12.4 Å². The zero-order chi connectivity index (χ0) is 15.0. The molecule has 0 aliphatic heterocycles. The molecule has 0 radical (unpaired) electrons. The van der Waals surface area contributed by atoms with Gasteiger partial charge in [0.25, 0.3) is 0 Å². The maximum absolute atomic E-state index is 5.75. The maximum Gasteiger partial charge on any atom is -0.164 e. The maximum atomic E-state index is 5.75. The van der Waals surface area contributed by atoms with Crippen LogP contribution in [0.3, 0.4) is 0 Å². The van der Waals surface area contributed by atoms with Gasteiger partial charge in [0.15, 0.2) is 0 Å². The fourth-order valence-corrected chi connectivity index (χ4v) is 2.38. The summed E-state index contributed by atoms with van der Waals surface area (Å²) >= 11 is -0.729. The van der Waals surface area contributed by atoms with Crippen LogP contribution in [0, 0.1) is 0 Å². The number of nitrogens with one attached hydrogen (secondary N) is 1. The quantitative estimate of drug-likeness (QED) is 0.535. The van der Waals surface area contributed by atoms with Crippen LogP contribution >= 0.6 is 9.42 Å². The molecular weight excluding hydrogens is 419 g/mol. The van der Waals surface area contributed by atoms with Gasteiger partial charge in [-0.25, -0.2) is 12.4 Å². The number of rotatable bonds is 5. The first kappa shape index (κ1) is 23.2. The molecule has 0 spiro atoms. The van der Waals surface area contributed by atoms with Crippen molar-refractivity contribution in [3.63, 3.8) is 0 Å². The molecule has 18 heavy (non-hydrogen) atoms. The second-order valence-electron chi connectivity index (χ2n) is 4.05. The Bertz CT molecular complexity index is 183. The van der Waals surface area contributed by atoms with Crippen molar-refractivity contribution in [2.75, 3.05) is 7.05 Å². The Kier molecular flexibility index (Phi) is 25.0. The van der Waals surface area contributed by atoms with Crippen molar-refractivity contribution in [3.8, 4) is 0 Å². The van der Waals surface area contributed by atoms with Crippen molar-refractivity contribution < 1.29 is 17.3 Å².